The highest BCUT2D eigenvalue weighted by Gasteiger charge is 2.39. The number of carbonyl (C=O) groups excluding carboxylic acids is 2. The second-order valence-corrected chi connectivity index (χ2v) is 9.48. The van der Waals surface area contributed by atoms with Crippen LogP contribution < -0.4 is 5.32 Å². The summed E-state index contributed by atoms with van der Waals surface area (Å²) in [5.41, 5.74) is 0.611. The minimum absolute atomic E-state index is 0.00682. The number of thioether (sulfide) groups is 1. The van der Waals surface area contributed by atoms with E-state index < -0.39 is 21.2 Å². The van der Waals surface area contributed by atoms with Crippen molar-refractivity contribution in [1.82, 2.24) is 4.90 Å². The highest BCUT2D eigenvalue weighted by atomic mass is 35.5. The highest BCUT2D eigenvalue weighted by Crippen LogP contribution is 2.31. The summed E-state index contributed by atoms with van der Waals surface area (Å²) in [6, 6.07) is 14.4. The maximum absolute atomic E-state index is 12.7. The molecule has 1 aliphatic heterocycles. The van der Waals surface area contributed by atoms with Gasteiger partial charge in [-0.05, 0) is 36.4 Å². The first kappa shape index (κ1) is 22.1. The molecular weight excluding hydrogens is 446 g/mol. The van der Waals surface area contributed by atoms with Crippen molar-refractivity contribution in [3.63, 3.8) is 0 Å². The van der Waals surface area contributed by atoms with Gasteiger partial charge in [-0.15, -0.1) is 11.0 Å². The molecule has 1 fully saturated rings. The van der Waals surface area contributed by atoms with E-state index in [1.54, 1.807) is 24.3 Å². The molecule has 2 amide bonds. The van der Waals surface area contributed by atoms with Gasteiger partial charge in [-0.2, -0.15) is 8.42 Å². The largest absolute Gasteiger partial charge is 0.326 e. The van der Waals surface area contributed by atoms with Crippen LogP contribution >= 0.6 is 23.4 Å². The van der Waals surface area contributed by atoms with Gasteiger partial charge in [0, 0.05) is 23.7 Å². The monoisotopic (exact) mass is 463 g/mol. The molecule has 30 heavy (non-hydrogen) atoms. The molecule has 1 heterocycles. The Morgan fingerprint density at radius 2 is 1.87 bits per heavy atom. The predicted octanol–water partition coefficient (Wildman–Crippen LogP) is 3.54. The number of amides is 2. The number of hydrogen-bond acceptors (Lipinski definition) is 5. The first-order chi connectivity index (χ1) is 14.3. The van der Waals surface area contributed by atoms with E-state index in [1.165, 1.54) is 35.2 Å². The lowest BCUT2D eigenvalue weighted by Gasteiger charge is -2.13. The maximum atomic E-state index is 12.7. The van der Waals surface area contributed by atoms with Crippen molar-refractivity contribution in [2.24, 2.45) is 4.40 Å². The summed E-state index contributed by atoms with van der Waals surface area (Å²) in [6.07, 6.45) is 1.35. The Morgan fingerprint density at radius 3 is 2.50 bits per heavy atom. The molecule has 0 bridgehead atoms. The Kier molecular flexibility index (Phi) is 6.96. The zero-order valence-electron chi connectivity index (χ0n) is 15.7. The van der Waals surface area contributed by atoms with Crippen LogP contribution in [0.4, 0.5) is 5.69 Å². The van der Waals surface area contributed by atoms with Crippen molar-refractivity contribution in [1.29, 1.82) is 0 Å². The van der Waals surface area contributed by atoms with Crippen LogP contribution in [0.3, 0.4) is 0 Å². The topological polar surface area (TPSA) is 95.9 Å². The Bertz CT molecular complexity index is 1090. The summed E-state index contributed by atoms with van der Waals surface area (Å²) in [7, 11) is -4.06. The van der Waals surface area contributed by atoms with E-state index in [0.29, 0.717) is 10.7 Å². The lowest BCUT2D eigenvalue weighted by molar-refractivity contribution is -0.127. The predicted molar refractivity (Wildman–Crippen MR) is 119 cm³/mol. The molecule has 7 nitrogen and oxygen atoms in total. The van der Waals surface area contributed by atoms with Crippen LogP contribution in [0.2, 0.25) is 5.02 Å². The minimum Gasteiger partial charge on any atom is -0.326 e. The van der Waals surface area contributed by atoms with Gasteiger partial charge in [0.25, 0.3) is 10.0 Å². The molecular formula is C20H18ClN3O4S2. The molecule has 0 radical (unpaired) electrons. The summed E-state index contributed by atoms with van der Waals surface area (Å²) in [5, 5.41) is 2.33. The Labute approximate surface area is 183 Å². The standard InChI is InChI=1S/C20H18ClN3O4S2/c1-2-12-24-19(26)17(13-18(25)22-15-6-4-3-5-7-15)29-20(24)23-30(27,28)16-10-8-14(21)9-11-16/h2-11,17H,1,12-13H2,(H,22,25). The van der Waals surface area contributed by atoms with Crippen molar-refractivity contribution in [2.45, 2.75) is 16.6 Å². The molecule has 10 heteroatoms. The van der Waals surface area contributed by atoms with Crippen molar-refractivity contribution in [2.75, 3.05) is 11.9 Å². The number of carbonyl (C=O) groups is 2. The SMILES string of the molecule is C=CCN1C(=O)C(CC(=O)Nc2ccccc2)SC1=NS(=O)(=O)c1ccc(Cl)cc1. The van der Waals surface area contributed by atoms with Gasteiger partial charge in [0.2, 0.25) is 11.8 Å². The van der Waals surface area contributed by atoms with E-state index in [9.17, 15) is 18.0 Å². The highest BCUT2D eigenvalue weighted by molar-refractivity contribution is 8.16. The smallest absolute Gasteiger partial charge is 0.284 e. The van der Waals surface area contributed by atoms with Crippen LogP contribution in [0.25, 0.3) is 0 Å². The molecule has 1 aliphatic rings. The Morgan fingerprint density at radius 1 is 1.20 bits per heavy atom. The molecule has 0 aliphatic carbocycles. The van der Waals surface area contributed by atoms with E-state index in [1.807, 2.05) is 6.07 Å². The first-order valence-corrected chi connectivity index (χ1v) is 11.5. The van der Waals surface area contributed by atoms with Crippen molar-refractivity contribution < 1.29 is 18.0 Å². The fourth-order valence-corrected chi connectivity index (χ4v) is 5.16. The van der Waals surface area contributed by atoms with E-state index in [2.05, 4.69) is 16.3 Å². The molecule has 0 spiro atoms. The molecule has 2 aromatic rings. The number of nitrogens with one attached hydrogen (secondary N) is 1. The third-order valence-corrected chi connectivity index (χ3v) is 6.89. The van der Waals surface area contributed by atoms with Crippen molar-refractivity contribution in [3.05, 3.63) is 72.3 Å². The van der Waals surface area contributed by atoms with Gasteiger partial charge in [0.05, 0.1) is 4.90 Å². The molecule has 1 unspecified atom stereocenters. The normalized spacial score (nSPS) is 17.9. The van der Waals surface area contributed by atoms with Crippen LogP contribution in [0, 0.1) is 0 Å². The van der Waals surface area contributed by atoms with Crippen LogP contribution in [0.5, 0.6) is 0 Å². The maximum Gasteiger partial charge on any atom is 0.284 e. The van der Waals surface area contributed by atoms with Crippen LogP contribution in [0.1, 0.15) is 6.42 Å². The third-order valence-electron chi connectivity index (χ3n) is 4.07. The number of anilines is 1. The minimum atomic E-state index is -4.06. The molecule has 1 saturated heterocycles. The molecule has 0 saturated carbocycles. The second kappa shape index (κ2) is 9.46. The lowest BCUT2D eigenvalue weighted by atomic mass is 10.2. The quantitative estimate of drug-likeness (QED) is 0.633. The number of nitrogens with zero attached hydrogens (tertiary/aromatic N) is 2. The van der Waals surface area contributed by atoms with Gasteiger partial charge >= 0.3 is 0 Å². The fraction of sp³-hybridized carbons (Fsp3) is 0.150. The number of halogens is 1. The average molecular weight is 464 g/mol. The number of amidine groups is 1. The zero-order chi connectivity index (χ0) is 21.7. The zero-order valence-corrected chi connectivity index (χ0v) is 18.1. The molecule has 1 N–H and O–H groups in total. The Hall–Kier alpha value is -2.62. The van der Waals surface area contributed by atoms with Crippen LogP contribution in [0.15, 0.2) is 76.5 Å². The fourth-order valence-electron chi connectivity index (χ4n) is 2.67. The number of para-hydroxylation sites is 1. The lowest BCUT2D eigenvalue weighted by Crippen LogP contribution is -2.33. The third kappa shape index (κ3) is 5.29. The van der Waals surface area contributed by atoms with Gasteiger partial charge in [-0.3, -0.25) is 14.5 Å². The average Bonchev–Trinajstić information content (AvgIpc) is 2.97. The van der Waals surface area contributed by atoms with Gasteiger partial charge < -0.3 is 5.32 Å². The number of benzene rings is 2. The summed E-state index contributed by atoms with van der Waals surface area (Å²) in [5.74, 6) is -0.749. The molecule has 3 rings (SSSR count). The first-order valence-electron chi connectivity index (χ1n) is 8.84. The number of hydrogen-bond donors (Lipinski definition) is 1. The summed E-state index contributed by atoms with van der Waals surface area (Å²) in [6.45, 7) is 3.68. The molecule has 0 aromatic heterocycles. The van der Waals surface area contributed by atoms with Gasteiger partial charge in [0.1, 0.15) is 5.25 Å². The molecule has 2 aromatic carbocycles. The van der Waals surface area contributed by atoms with E-state index in [-0.39, 0.29) is 28.9 Å². The molecule has 1 atom stereocenters. The van der Waals surface area contributed by atoms with Crippen molar-refractivity contribution >= 4 is 56.1 Å². The van der Waals surface area contributed by atoms with Gasteiger partial charge in [-0.25, -0.2) is 0 Å². The van der Waals surface area contributed by atoms with Gasteiger partial charge in [-0.1, -0.05) is 47.6 Å². The number of sulfonamides is 1. The van der Waals surface area contributed by atoms with E-state index in [0.717, 1.165) is 11.8 Å². The number of rotatable bonds is 7. The second-order valence-electron chi connectivity index (χ2n) is 6.27. The van der Waals surface area contributed by atoms with E-state index >= 15 is 0 Å². The summed E-state index contributed by atoms with van der Waals surface area (Å²) < 4.78 is 29.1. The van der Waals surface area contributed by atoms with Crippen LogP contribution in [-0.2, 0) is 19.6 Å². The molecule has 156 valence electrons. The van der Waals surface area contributed by atoms with Crippen molar-refractivity contribution in [3.8, 4) is 0 Å². The Balaban J connectivity index is 1.80. The van der Waals surface area contributed by atoms with Gasteiger partial charge in [0.15, 0.2) is 5.17 Å². The summed E-state index contributed by atoms with van der Waals surface area (Å²) in [4.78, 5) is 26.3. The van der Waals surface area contributed by atoms with Crippen LogP contribution in [-0.4, -0.2) is 42.1 Å². The van der Waals surface area contributed by atoms with E-state index in [4.69, 9.17) is 11.6 Å². The summed E-state index contributed by atoms with van der Waals surface area (Å²) >= 11 is 6.75.